The summed E-state index contributed by atoms with van der Waals surface area (Å²) in [5.74, 6) is 1.84. The number of fused-ring (bicyclic) bond motifs is 1. The molecule has 0 bridgehead atoms. The van der Waals surface area contributed by atoms with Crippen molar-refractivity contribution in [3.63, 3.8) is 0 Å². The second-order valence-electron chi connectivity index (χ2n) is 4.15. The first-order valence-corrected chi connectivity index (χ1v) is 5.80. The Balaban J connectivity index is 1.78. The molecular formula is C13H13N5O. The molecular weight excluding hydrogens is 242 g/mol. The lowest BCUT2D eigenvalue weighted by molar-refractivity contribution is 0.297. The van der Waals surface area contributed by atoms with E-state index in [2.05, 4.69) is 15.0 Å². The van der Waals surface area contributed by atoms with Crippen LogP contribution >= 0.6 is 0 Å². The predicted molar refractivity (Wildman–Crippen MR) is 73.5 cm³/mol. The number of benzene rings is 1. The van der Waals surface area contributed by atoms with E-state index in [1.165, 1.54) is 0 Å². The number of nitrogen functional groups attached to an aromatic ring is 2. The SMILES string of the molecule is Nc1cccc(OCc2nc3nc(N)ccc3[nH]2)c1. The van der Waals surface area contributed by atoms with Crippen LogP contribution in [0, 0.1) is 0 Å². The molecule has 0 aliphatic carbocycles. The van der Waals surface area contributed by atoms with E-state index in [4.69, 9.17) is 16.2 Å². The van der Waals surface area contributed by atoms with Gasteiger partial charge in [-0.15, -0.1) is 0 Å². The molecule has 6 nitrogen and oxygen atoms in total. The average molecular weight is 255 g/mol. The van der Waals surface area contributed by atoms with E-state index in [-0.39, 0.29) is 0 Å². The molecule has 5 N–H and O–H groups in total. The van der Waals surface area contributed by atoms with Crippen molar-refractivity contribution in [3.05, 3.63) is 42.2 Å². The number of nitrogens with zero attached hydrogens (tertiary/aromatic N) is 2. The average Bonchev–Trinajstić information content (AvgIpc) is 2.78. The third-order valence-electron chi connectivity index (χ3n) is 2.65. The number of aromatic nitrogens is 3. The van der Waals surface area contributed by atoms with E-state index in [0.717, 1.165) is 5.52 Å². The van der Waals surface area contributed by atoms with Crippen LogP contribution in [0.2, 0.25) is 0 Å². The van der Waals surface area contributed by atoms with Gasteiger partial charge in [0.15, 0.2) is 5.65 Å². The largest absolute Gasteiger partial charge is 0.486 e. The van der Waals surface area contributed by atoms with Gasteiger partial charge in [0.05, 0.1) is 5.52 Å². The van der Waals surface area contributed by atoms with Crippen LogP contribution < -0.4 is 16.2 Å². The number of H-pyrrole nitrogens is 1. The molecule has 96 valence electrons. The fourth-order valence-electron chi connectivity index (χ4n) is 1.78. The highest BCUT2D eigenvalue weighted by Crippen LogP contribution is 2.16. The molecule has 1 aromatic carbocycles. The van der Waals surface area contributed by atoms with Crippen LogP contribution in [0.25, 0.3) is 11.2 Å². The molecule has 6 heteroatoms. The molecule has 0 aliphatic rings. The molecule has 19 heavy (non-hydrogen) atoms. The Bertz CT molecular complexity index is 722. The number of aromatic amines is 1. The lowest BCUT2D eigenvalue weighted by Crippen LogP contribution is -1.98. The van der Waals surface area contributed by atoms with Crippen LogP contribution in [-0.2, 0) is 6.61 Å². The molecule has 0 fully saturated rings. The predicted octanol–water partition coefficient (Wildman–Crippen LogP) is 1.70. The van der Waals surface area contributed by atoms with Gasteiger partial charge in [0.1, 0.15) is 24.0 Å². The summed E-state index contributed by atoms with van der Waals surface area (Å²) in [6, 6.07) is 10.8. The molecule has 0 saturated carbocycles. The van der Waals surface area contributed by atoms with E-state index < -0.39 is 0 Å². The van der Waals surface area contributed by atoms with E-state index in [1.54, 1.807) is 18.2 Å². The highest BCUT2D eigenvalue weighted by Gasteiger charge is 2.05. The summed E-state index contributed by atoms with van der Waals surface area (Å²) >= 11 is 0. The summed E-state index contributed by atoms with van der Waals surface area (Å²) in [6.45, 7) is 0.319. The lowest BCUT2D eigenvalue weighted by atomic mass is 10.3. The van der Waals surface area contributed by atoms with Crippen molar-refractivity contribution in [2.75, 3.05) is 11.5 Å². The minimum Gasteiger partial charge on any atom is -0.486 e. The minimum absolute atomic E-state index is 0.319. The summed E-state index contributed by atoms with van der Waals surface area (Å²) in [7, 11) is 0. The first kappa shape index (κ1) is 11.3. The molecule has 3 rings (SSSR count). The number of nitrogens with one attached hydrogen (secondary N) is 1. The van der Waals surface area contributed by atoms with Crippen molar-refractivity contribution in [3.8, 4) is 5.75 Å². The Morgan fingerprint density at radius 1 is 1.11 bits per heavy atom. The third kappa shape index (κ3) is 2.42. The van der Waals surface area contributed by atoms with Crippen molar-refractivity contribution in [1.82, 2.24) is 15.0 Å². The standard InChI is InChI=1S/C13H13N5O/c14-8-2-1-3-9(6-8)19-7-12-16-10-4-5-11(15)17-13(10)18-12/h1-6H,7,14H2,(H3,15,16,17,18). The second-order valence-corrected chi connectivity index (χ2v) is 4.15. The van der Waals surface area contributed by atoms with Crippen LogP contribution in [0.3, 0.4) is 0 Å². The van der Waals surface area contributed by atoms with Crippen molar-refractivity contribution < 1.29 is 4.74 Å². The monoisotopic (exact) mass is 255 g/mol. The topological polar surface area (TPSA) is 103 Å². The number of ether oxygens (including phenoxy) is 1. The Labute approximate surface area is 109 Å². The molecule has 0 spiro atoms. The van der Waals surface area contributed by atoms with Crippen LogP contribution in [0.15, 0.2) is 36.4 Å². The molecule has 0 unspecified atom stereocenters. The Kier molecular flexibility index (Phi) is 2.68. The Morgan fingerprint density at radius 3 is 2.84 bits per heavy atom. The van der Waals surface area contributed by atoms with E-state index >= 15 is 0 Å². The van der Waals surface area contributed by atoms with Crippen LogP contribution in [-0.4, -0.2) is 15.0 Å². The fraction of sp³-hybridized carbons (Fsp3) is 0.0769. The van der Waals surface area contributed by atoms with E-state index in [1.807, 2.05) is 18.2 Å². The van der Waals surface area contributed by atoms with Gasteiger partial charge in [-0.3, -0.25) is 0 Å². The highest BCUT2D eigenvalue weighted by molar-refractivity contribution is 5.72. The van der Waals surface area contributed by atoms with Crippen molar-refractivity contribution in [2.45, 2.75) is 6.61 Å². The summed E-state index contributed by atoms with van der Waals surface area (Å²) in [5.41, 5.74) is 13.4. The van der Waals surface area contributed by atoms with Gasteiger partial charge in [-0.1, -0.05) is 6.07 Å². The summed E-state index contributed by atoms with van der Waals surface area (Å²) < 4.78 is 5.60. The number of imidazole rings is 1. The van der Waals surface area contributed by atoms with Crippen LogP contribution in [0.1, 0.15) is 5.82 Å². The van der Waals surface area contributed by atoms with E-state index in [9.17, 15) is 0 Å². The molecule has 2 aromatic heterocycles. The molecule has 0 amide bonds. The smallest absolute Gasteiger partial charge is 0.179 e. The molecule has 0 saturated heterocycles. The number of rotatable bonds is 3. The maximum absolute atomic E-state index is 5.68. The second kappa shape index (κ2) is 4.49. The Morgan fingerprint density at radius 2 is 2.00 bits per heavy atom. The first-order chi connectivity index (χ1) is 9.20. The van der Waals surface area contributed by atoms with Gasteiger partial charge in [-0.05, 0) is 24.3 Å². The van der Waals surface area contributed by atoms with Gasteiger partial charge in [-0.25, -0.2) is 9.97 Å². The fourth-order valence-corrected chi connectivity index (χ4v) is 1.78. The molecule has 0 radical (unpaired) electrons. The summed E-state index contributed by atoms with van der Waals surface area (Å²) in [6.07, 6.45) is 0. The van der Waals surface area contributed by atoms with Crippen molar-refractivity contribution in [1.29, 1.82) is 0 Å². The van der Waals surface area contributed by atoms with Crippen LogP contribution in [0.4, 0.5) is 11.5 Å². The van der Waals surface area contributed by atoms with Gasteiger partial charge >= 0.3 is 0 Å². The molecule has 3 aromatic rings. The number of hydrogen-bond donors (Lipinski definition) is 3. The molecule has 0 aliphatic heterocycles. The summed E-state index contributed by atoms with van der Waals surface area (Å²) in [4.78, 5) is 11.6. The van der Waals surface area contributed by atoms with E-state index in [0.29, 0.717) is 35.3 Å². The number of anilines is 2. The van der Waals surface area contributed by atoms with Crippen molar-refractivity contribution >= 4 is 22.7 Å². The van der Waals surface area contributed by atoms with Crippen molar-refractivity contribution in [2.24, 2.45) is 0 Å². The van der Waals surface area contributed by atoms with Gasteiger partial charge in [0.2, 0.25) is 0 Å². The van der Waals surface area contributed by atoms with Crippen LogP contribution in [0.5, 0.6) is 5.75 Å². The Hall–Kier alpha value is -2.76. The minimum atomic E-state index is 0.319. The van der Waals surface area contributed by atoms with Gasteiger partial charge in [0.25, 0.3) is 0 Å². The maximum atomic E-state index is 5.68. The third-order valence-corrected chi connectivity index (χ3v) is 2.65. The number of hydrogen-bond acceptors (Lipinski definition) is 5. The lowest BCUT2D eigenvalue weighted by Gasteiger charge is -2.04. The van der Waals surface area contributed by atoms with Gasteiger partial charge in [0, 0.05) is 11.8 Å². The first-order valence-electron chi connectivity index (χ1n) is 5.80. The molecule has 2 heterocycles. The highest BCUT2D eigenvalue weighted by atomic mass is 16.5. The van der Waals surface area contributed by atoms with Gasteiger partial charge in [-0.2, -0.15) is 0 Å². The zero-order valence-electron chi connectivity index (χ0n) is 10.1. The normalized spacial score (nSPS) is 10.7. The quantitative estimate of drug-likeness (QED) is 0.618. The number of pyridine rings is 1. The number of nitrogens with two attached hydrogens (primary N) is 2. The van der Waals surface area contributed by atoms with Gasteiger partial charge < -0.3 is 21.2 Å². The zero-order valence-corrected chi connectivity index (χ0v) is 10.1. The zero-order chi connectivity index (χ0) is 13.2. The molecule has 0 atom stereocenters. The maximum Gasteiger partial charge on any atom is 0.179 e. The summed E-state index contributed by atoms with van der Waals surface area (Å²) in [5, 5.41) is 0.